The van der Waals surface area contributed by atoms with E-state index in [1.165, 1.54) is 18.4 Å². The lowest BCUT2D eigenvalue weighted by Gasteiger charge is -2.64. The van der Waals surface area contributed by atoms with Gasteiger partial charge in [0.25, 0.3) is 0 Å². The van der Waals surface area contributed by atoms with Gasteiger partial charge in [-0.2, -0.15) is 0 Å². The van der Waals surface area contributed by atoms with Gasteiger partial charge in [-0.3, -0.25) is 9.69 Å². The predicted molar refractivity (Wildman–Crippen MR) is 133 cm³/mol. The third-order valence-corrected chi connectivity index (χ3v) is 9.39. The lowest BCUT2D eigenvalue weighted by Crippen LogP contribution is -2.78. The highest BCUT2D eigenvalue weighted by atomic mass is 35.5. The maximum Gasteiger partial charge on any atom is 0.220 e. The lowest BCUT2D eigenvalue weighted by atomic mass is 9.48. The zero-order valence-corrected chi connectivity index (χ0v) is 20.7. The van der Waals surface area contributed by atoms with Crippen LogP contribution in [0.4, 0.5) is 0 Å². The molecule has 35 heavy (non-hydrogen) atoms. The number of nitrogens with one attached hydrogen (secondary N) is 2. The minimum Gasteiger partial charge on any atom is -0.504 e. The third kappa shape index (κ3) is 3.27. The van der Waals surface area contributed by atoms with Crippen LogP contribution in [-0.2, 0) is 23.1 Å². The number of piperidine rings is 1. The molecule has 7 nitrogen and oxygen atoms in total. The van der Waals surface area contributed by atoms with Crippen molar-refractivity contribution in [1.29, 1.82) is 0 Å². The van der Waals surface area contributed by atoms with Crippen molar-refractivity contribution in [1.82, 2.24) is 15.2 Å². The number of likely N-dealkylation sites (tertiary alicyclic amines) is 1. The van der Waals surface area contributed by atoms with Gasteiger partial charge in [-0.1, -0.05) is 6.07 Å². The molecule has 2 saturated carbocycles. The first-order valence-electron chi connectivity index (χ1n) is 12.9. The van der Waals surface area contributed by atoms with E-state index in [-0.39, 0.29) is 42.3 Å². The smallest absolute Gasteiger partial charge is 0.220 e. The van der Waals surface area contributed by atoms with Gasteiger partial charge >= 0.3 is 0 Å². The molecule has 5 atom stereocenters. The third-order valence-electron chi connectivity index (χ3n) is 9.39. The number of rotatable bonds is 6. The molecule has 8 heteroatoms. The molecule has 3 aliphatic carbocycles. The Labute approximate surface area is 211 Å². The minimum absolute atomic E-state index is 0. The summed E-state index contributed by atoms with van der Waals surface area (Å²) in [4.78, 5) is 18.6. The second-order valence-corrected chi connectivity index (χ2v) is 11.2. The summed E-state index contributed by atoms with van der Waals surface area (Å²) < 4.78 is 6.52. The molecule has 1 spiro atoms. The quantitative estimate of drug-likeness (QED) is 0.490. The molecule has 0 radical (unpaired) electrons. The Morgan fingerprint density at radius 3 is 2.86 bits per heavy atom. The number of ether oxygens (including phenoxy) is 1. The van der Waals surface area contributed by atoms with Gasteiger partial charge in [0, 0.05) is 36.5 Å². The van der Waals surface area contributed by atoms with Gasteiger partial charge in [0.15, 0.2) is 11.5 Å². The number of aromatic amines is 1. The summed E-state index contributed by atoms with van der Waals surface area (Å²) in [7, 11) is 0. The fourth-order valence-corrected chi connectivity index (χ4v) is 7.68. The number of halogens is 1. The number of benzene rings is 1. The number of aromatic hydroxyl groups is 1. The van der Waals surface area contributed by atoms with Crippen LogP contribution in [0.5, 0.6) is 11.5 Å². The van der Waals surface area contributed by atoms with Crippen molar-refractivity contribution in [2.45, 2.75) is 80.6 Å². The van der Waals surface area contributed by atoms with Gasteiger partial charge in [-0.05, 0) is 81.2 Å². The van der Waals surface area contributed by atoms with E-state index in [4.69, 9.17) is 4.74 Å². The Hall–Kier alpha value is -2.22. The van der Waals surface area contributed by atoms with E-state index < -0.39 is 11.0 Å². The second kappa shape index (κ2) is 8.15. The van der Waals surface area contributed by atoms with Gasteiger partial charge in [0.05, 0.1) is 17.1 Å². The summed E-state index contributed by atoms with van der Waals surface area (Å²) in [5, 5.41) is 26.4. The number of aryl methyl sites for hydroxylation is 1. The highest BCUT2D eigenvalue weighted by Gasteiger charge is 2.73. The summed E-state index contributed by atoms with van der Waals surface area (Å²) in [5.41, 5.74) is 1.73. The number of hydrogen-bond acceptors (Lipinski definition) is 5. The molecule has 2 bridgehead atoms. The number of phenols is 1. The molecule has 4 N–H and O–H groups in total. The standard InChI is InChI=1S/C27H33N3O4.ClH/c31-20-7-5-17-14-21-27(33)10-9-19(29-22(32)8-6-18-2-1-12-28-18)25-26(27,23(17)24(20)34-25)11-13-30(21)15-16-3-4-16;/h1-2,5,7,12,16,19,21,25,28,31,33H,3-4,6,8-11,13-15H2,(H,29,32);1H/t19-,21+,25-,26-,27+;/m0./s1. The minimum atomic E-state index is -0.914. The Morgan fingerprint density at radius 2 is 2.09 bits per heavy atom. The van der Waals surface area contributed by atoms with Crippen molar-refractivity contribution < 1.29 is 19.7 Å². The first-order valence-corrected chi connectivity index (χ1v) is 12.9. The number of carbonyl (C=O) groups is 1. The summed E-state index contributed by atoms with van der Waals surface area (Å²) in [6.45, 7) is 1.99. The molecule has 0 unspecified atom stereocenters. The Morgan fingerprint density at radius 1 is 1.23 bits per heavy atom. The van der Waals surface area contributed by atoms with E-state index in [1.807, 2.05) is 24.4 Å². The molecule has 2 aromatic rings. The van der Waals surface area contributed by atoms with Crippen LogP contribution in [0.15, 0.2) is 30.5 Å². The molecule has 5 aliphatic rings. The van der Waals surface area contributed by atoms with Gasteiger partial charge in [0.1, 0.15) is 6.10 Å². The Kier molecular flexibility index (Phi) is 5.40. The molecular weight excluding hydrogens is 466 g/mol. The highest BCUT2D eigenvalue weighted by molar-refractivity contribution is 5.85. The zero-order valence-electron chi connectivity index (χ0n) is 19.8. The summed E-state index contributed by atoms with van der Waals surface area (Å²) >= 11 is 0. The average molecular weight is 500 g/mol. The molecule has 188 valence electrons. The van der Waals surface area contributed by atoms with E-state index >= 15 is 0 Å². The van der Waals surface area contributed by atoms with Crippen LogP contribution in [0, 0.1) is 5.92 Å². The Bertz CT molecular complexity index is 1140. The summed E-state index contributed by atoms with van der Waals surface area (Å²) in [5.74, 6) is 1.44. The van der Waals surface area contributed by atoms with Crippen molar-refractivity contribution >= 4 is 18.3 Å². The number of amides is 1. The number of carbonyl (C=O) groups excluding carboxylic acids is 1. The monoisotopic (exact) mass is 499 g/mol. The van der Waals surface area contributed by atoms with Crippen molar-refractivity contribution in [3.8, 4) is 11.5 Å². The molecule has 3 fully saturated rings. The zero-order chi connectivity index (χ0) is 23.1. The number of aromatic nitrogens is 1. The normalized spacial score (nSPS) is 34.5. The first kappa shape index (κ1) is 23.2. The molecule has 1 amide bonds. The number of phenolic OH excluding ortho intramolecular Hbond substituents is 1. The van der Waals surface area contributed by atoms with Gasteiger partial charge in [0.2, 0.25) is 5.91 Å². The molecule has 1 aromatic heterocycles. The molecule has 3 heterocycles. The lowest BCUT2D eigenvalue weighted by molar-refractivity contribution is -0.192. The van der Waals surface area contributed by atoms with Gasteiger partial charge in [-0.25, -0.2) is 0 Å². The fourth-order valence-electron chi connectivity index (χ4n) is 7.68. The summed E-state index contributed by atoms with van der Waals surface area (Å²) in [6, 6.07) is 7.55. The van der Waals surface area contributed by atoms with Crippen molar-refractivity contribution in [2.24, 2.45) is 5.92 Å². The van der Waals surface area contributed by atoms with Crippen LogP contribution < -0.4 is 10.1 Å². The Balaban J connectivity index is 0.00000229. The molecule has 1 aromatic carbocycles. The van der Waals surface area contributed by atoms with E-state index in [0.717, 1.165) is 43.1 Å². The van der Waals surface area contributed by atoms with Crippen LogP contribution in [0.25, 0.3) is 0 Å². The fraction of sp³-hybridized carbons (Fsp3) is 0.593. The van der Waals surface area contributed by atoms with Crippen molar-refractivity contribution in [3.05, 3.63) is 47.3 Å². The van der Waals surface area contributed by atoms with Crippen LogP contribution in [0.3, 0.4) is 0 Å². The van der Waals surface area contributed by atoms with Crippen molar-refractivity contribution in [3.63, 3.8) is 0 Å². The van der Waals surface area contributed by atoms with E-state index in [9.17, 15) is 15.0 Å². The van der Waals surface area contributed by atoms with E-state index in [1.54, 1.807) is 6.07 Å². The predicted octanol–water partition coefficient (Wildman–Crippen LogP) is 2.82. The summed E-state index contributed by atoms with van der Waals surface area (Å²) in [6.07, 6.45) is 8.05. The number of H-pyrrole nitrogens is 1. The number of hydrogen-bond donors (Lipinski definition) is 4. The van der Waals surface area contributed by atoms with Crippen LogP contribution in [0.2, 0.25) is 0 Å². The van der Waals surface area contributed by atoms with E-state index in [0.29, 0.717) is 31.4 Å². The molecule has 1 saturated heterocycles. The molecular formula is C27H34ClN3O4. The maximum atomic E-state index is 12.9. The van der Waals surface area contributed by atoms with Crippen LogP contribution in [0.1, 0.15) is 55.3 Å². The number of aliphatic hydroxyl groups is 1. The number of nitrogens with zero attached hydrogens (tertiary/aromatic N) is 1. The second-order valence-electron chi connectivity index (χ2n) is 11.2. The largest absolute Gasteiger partial charge is 0.504 e. The van der Waals surface area contributed by atoms with Crippen molar-refractivity contribution in [2.75, 3.05) is 13.1 Å². The topological polar surface area (TPSA) is 97.8 Å². The van der Waals surface area contributed by atoms with Crippen LogP contribution in [-0.4, -0.2) is 62.9 Å². The molecule has 7 rings (SSSR count). The van der Waals surface area contributed by atoms with Crippen LogP contribution >= 0.6 is 12.4 Å². The maximum absolute atomic E-state index is 12.9. The molecule has 2 aliphatic heterocycles. The van der Waals surface area contributed by atoms with Gasteiger partial charge in [-0.15, -0.1) is 12.4 Å². The van der Waals surface area contributed by atoms with E-state index in [2.05, 4.69) is 15.2 Å². The highest BCUT2D eigenvalue weighted by Crippen LogP contribution is 2.65. The average Bonchev–Trinajstić information content (AvgIpc) is 3.33. The van der Waals surface area contributed by atoms with Gasteiger partial charge < -0.3 is 25.3 Å². The first-order chi connectivity index (χ1) is 16.5. The SMILES string of the molecule is Cl.O=C(CCc1ccc[nH]1)N[C@H]1CC[C@@]2(O)[C@H]3Cc4ccc(O)c5c4[C@@]2(CCN3CC2CC2)[C@H]1O5.